The number of aliphatic carboxylic acids is 5. The maximum absolute atomic E-state index is 15.0. The second kappa shape index (κ2) is 61.8. The summed E-state index contributed by atoms with van der Waals surface area (Å²) in [6, 6.07) is 0.187. The molecule has 55 nitrogen and oxygen atoms in total. The summed E-state index contributed by atoms with van der Waals surface area (Å²) < 4.78 is 0. The van der Waals surface area contributed by atoms with Gasteiger partial charge in [-0.15, -0.1) is 0 Å². The van der Waals surface area contributed by atoms with Crippen molar-refractivity contribution in [3.05, 3.63) is 102 Å². The Morgan fingerprint density at radius 1 is 0.367 bits per heavy atom. The van der Waals surface area contributed by atoms with E-state index in [4.69, 9.17) is 22.6 Å². The number of nitrogens with one attached hydrogen (secondary N) is 18. The van der Waals surface area contributed by atoms with Crippen molar-refractivity contribution < 1.29 is 151 Å². The van der Waals surface area contributed by atoms with Crippen LogP contribution in [0.4, 0.5) is 0 Å². The van der Waals surface area contributed by atoms with E-state index in [0.29, 0.717) is 30.4 Å². The van der Waals surface area contributed by atoms with Crippen LogP contribution in [0.5, 0.6) is 5.75 Å². The highest BCUT2D eigenvalue weighted by molar-refractivity contribution is 6.03. The van der Waals surface area contributed by atoms with Crippen molar-refractivity contribution >= 4 is 154 Å². The molecule has 0 aromatic heterocycles. The molecule has 3 aromatic rings. The van der Waals surface area contributed by atoms with Gasteiger partial charge in [-0.05, 0) is 124 Å². The lowest BCUT2D eigenvalue weighted by atomic mass is 9.96. The first-order valence-electron chi connectivity index (χ1n) is 48.6. The van der Waals surface area contributed by atoms with Crippen LogP contribution in [0.25, 0.3) is 0 Å². The molecule has 3 saturated heterocycles. The summed E-state index contributed by atoms with van der Waals surface area (Å²) in [7, 11) is 0. The van der Waals surface area contributed by atoms with Crippen LogP contribution in [0, 0.1) is 17.2 Å². The molecule has 3 aliphatic rings. The molecule has 0 radical (unpaired) electrons. The van der Waals surface area contributed by atoms with Crippen LogP contribution in [0.3, 0.4) is 0 Å². The van der Waals surface area contributed by atoms with Crippen LogP contribution in [0.15, 0.2) is 84.9 Å². The van der Waals surface area contributed by atoms with Gasteiger partial charge in [0.25, 0.3) is 0 Å². The number of carboxylic acids is 5. The Morgan fingerprint density at radius 2 is 0.733 bits per heavy atom. The van der Waals surface area contributed by atoms with Gasteiger partial charge in [0.05, 0.1) is 58.2 Å². The van der Waals surface area contributed by atoms with Gasteiger partial charge in [-0.25, -0.2) is 4.79 Å². The predicted molar refractivity (Wildman–Crippen MR) is 524 cm³/mol. The summed E-state index contributed by atoms with van der Waals surface area (Å²) in [6.07, 6.45) is -5.63. The standard InChI is InChI=1S/C95H134N24O31/c1-5-51(4)80(93(148)119-37-15-23-68(119)89(144)111-58(29-32-77(130)131)82(137)109-57(28-31-76(128)129)83(138)113-62(41-54-24-26-55(120)27-25-54)86(141)115-65(94(149)150)38-50(2)3)116-84(139)59(30-33-78(132)133)110-85(140)61(40-53-18-10-7-11-19-53)114-87(142)64(43-79(134)135)108-75(127)49-105-81(136)63(42-69(97)121)107-74(126)48-104-72(124)46-102-70(122)44-101-71(123)45-103-73(125)47-106-88(143)66-21-13-36-118(66)92(147)60(20-12-34-100-95(98)99)112-90(145)67-22-14-35-117(67)91(146)56(96)39-52-16-8-6-9-17-52/h6-11,16-19,24-27,50-51,56-68,80,120H,5,12-15,20-23,28-49,96H2,1-4H3,(H2,97,121)(H,101,123)(H,102,122)(H,103,125)(H,104,124)(H,105,136)(H,106,143)(H,107,126)(H,108,127)(H,109,137)(H,110,140)(H,111,144)(H,112,145)(H,113,138)(H,114,142)(H,115,141)(H,116,139)(H,128,129)(H,130,131)(H,132,133)(H,134,135)(H,149,150)(H4,98,99,100)/t51-,56+,57-,58-,59-,60-,61-,62-,63-,64-,65-,66-,67-,68-,80-/m0/s1. The van der Waals surface area contributed by atoms with E-state index >= 15 is 0 Å². The van der Waals surface area contributed by atoms with E-state index < -0.39 is 336 Å². The number of hydrogen-bond acceptors (Lipinski definition) is 28. The van der Waals surface area contributed by atoms with E-state index in [1.54, 1.807) is 39.0 Å². The van der Waals surface area contributed by atoms with Crippen LogP contribution < -0.4 is 108 Å². The molecule has 15 atom stereocenters. The molecule has 3 heterocycles. The van der Waals surface area contributed by atoms with Crippen molar-refractivity contribution in [2.75, 3.05) is 65.4 Å². The van der Waals surface area contributed by atoms with E-state index in [1.165, 1.54) is 65.3 Å². The summed E-state index contributed by atoms with van der Waals surface area (Å²) in [4.78, 5) is 339. The van der Waals surface area contributed by atoms with Crippen LogP contribution in [0.2, 0.25) is 0 Å². The Bertz CT molecular complexity index is 5330. The van der Waals surface area contributed by atoms with Crippen molar-refractivity contribution in [3.63, 3.8) is 0 Å². The zero-order valence-corrected chi connectivity index (χ0v) is 83.2. The summed E-state index contributed by atoms with van der Waals surface area (Å²) in [5.41, 5.74) is 18.6. The number of phenolic OH excluding ortho intramolecular Hbond substituents is 1. The number of aromatic hydroxyl groups is 1. The number of nitrogens with zero attached hydrogens (tertiary/aromatic N) is 3. The topological polar surface area (TPSA) is 864 Å². The minimum atomic E-state index is -2.11. The number of likely N-dealkylation sites (tertiary alicyclic amines) is 3. The number of benzene rings is 3. The van der Waals surface area contributed by atoms with Gasteiger partial charge in [0, 0.05) is 58.3 Å². The van der Waals surface area contributed by atoms with Gasteiger partial charge < -0.3 is 153 Å². The third kappa shape index (κ3) is 42.5. The predicted octanol–water partition coefficient (Wildman–Crippen LogP) is -8.35. The molecule has 3 aliphatic heterocycles. The minimum absolute atomic E-state index is 0.0335. The lowest BCUT2D eigenvalue weighted by molar-refractivity contribution is -0.144. The first-order chi connectivity index (χ1) is 71.0. The molecule has 0 aliphatic carbocycles. The molecule has 150 heavy (non-hydrogen) atoms. The van der Waals surface area contributed by atoms with E-state index in [2.05, 4.69) is 90.4 Å². The number of guanidine groups is 1. The van der Waals surface area contributed by atoms with Crippen LogP contribution in [0.1, 0.15) is 160 Å². The summed E-state index contributed by atoms with van der Waals surface area (Å²) in [6.45, 7) is 1.77. The van der Waals surface area contributed by atoms with E-state index in [1.807, 2.05) is 18.2 Å². The fourth-order valence-electron chi connectivity index (χ4n) is 16.3. The number of primary amides is 1. The van der Waals surface area contributed by atoms with E-state index in [-0.39, 0.29) is 102 Å². The van der Waals surface area contributed by atoms with Crippen molar-refractivity contribution in [1.82, 2.24) is 105 Å². The number of hydrogen-bond donors (Lipinski definition) is 27. The SMILES string of the molecule is CC[C@H](C)[C@H](NC(=O)[C@H](CCC(=O)O)NC(=O)[C@H](Cc1ccccc1)NC(=O)[C@H](CC(=O)O)NC(=O)CNC(=O)[C@H](CC(N)=O)NC(=O)CNC(=O)CNC(=O)CNC(=O)CNC(=O)CNC(=O)[C@@H]1CCCN1C(=O)[C@H](CCCNC(=N)N)NC(=O)[C@@H]1CCCN1C(=O)[C@H](N)Cc1ccccc1)C(=O)N1CCC[C@H]1C(=O)N[C@@H](CCC(=O)O)C(=O)N[C@@H](CCC(=O)O)C(=O)N[C@@H](Cc1ccc(O)cc1)C(=O)N[C@@H](CC(C)C)C(=O)O. The number of rotatable bonds is 63. The smallest absolute Gasteiger partial charge is 0.326 e. The maximum Gasteiger partial charge on any atom is 0.326 e. The van der Waals surface area contributed by atoms with Crippen LogP contribution in [-0.4, -0.2) is 349 Å². The molecule has 0 saturated carbocycles. The fourth-order valence-corrected chi connectivity index (χ4v) is 16.3. The van der Waals surface area contributed by atoms with Gasteiger partial charge >= 0.3 is 29.8 Å². The molecule has 55 heteroatoms. The normalized spacial score (nSPS) is 16.4. The summed E-state index contributed by atoms with van der Waals surface area (Å²) in [5, 5.41) is 106. The first-order valence-corrected chi connectivity index (χ1v) is 48.6. The maximum atomic E-state index is 15.0. The van der Waals surface area contributed by atoms with E-state index in [0.717, 1.165) is 10.5 Å². The summed E-state index contributed by atoms with van der Waals surface area (Å²) in [5.74, 6) is -29.6. The lowest BCUT2D eigenvalue weighted by Gasteiger charge is -2.33. The van der Waals surface area contributed by atoms with Gasteiger partial charge in [-0.3, -0.25) is 120 Å². The zero-order valence-electron chi connectivity index (χ0n) is 83.2. The van der Waals surface area contributed by atoms with Crippen molar-refractivity contribution in [2.45, 2.75) is 247 Å². The molecule has 6 rings (SSSR count). The lowest BCUT2D eigenvalue weighted by Crippen LogP contribution is -2.61. The Labute approximate surface area is 860 Å². The minimum Gasteiger partial charge on any atom is -0.508 e. The number of phenols is 1. The Kier molecular flexibility index (Phi) is 50.3. The second-order valence-corrected chi connectivity index (χ2v) is 36.5. The van der Waals surface area contributed by atoms with E-state index in [9.17, 15) is 151 Å². The molecular formula is C95H134N24O31. The highest BCUT2D eigenvalue weighted by atomic mass is 16.4. The molecule has 0 bridgehead atoms. The number of nitrogens with two attached hydrogens (primary N) is 3. The second-order valence-electron chi connectivity index (χ2n) is 36.5. The molecule has 0 spiro atoms. The third-order valence-electron chi connectivity index (χ3n) is 24.3. The summed E-state index contributed by atoms with van der Waals surface area (Å²) >= 11 is 0. The zero-order chi connectivity index (χ0) is 111. The molecular weight excluding hydrogens is 1970 g/mol. The number of carbonyl (C=O) groups excluding carboxylic acids is 20. The van der Waals surface area contributed by atoms with Gasteiger partial charge in [0.15, 0.2) is 5.96 Å². The molecule has 30 N–H and O–H groups in total. The Morgan fingerprint density at radius 3 is 1.16 bits per heavy atom. The highest BCUT2D eigenvalue weighted by Crippen LogP contribution is 2.26. The van der Waals surface area contributed by atoms with Crippen molar-refractivity contribution in [1.29, 1.82) is 5.41 Å². The van der Waals surface area contributed by atoms with Crippen LogP contribution >= 0.6 is 0 Å². The Hall–Kier alpha value is -16.6. The number of carboxylic acid groups (broad SMARTS) is 5. The largest absolute Gasteiger partial charge is 0.508 e. The van der Waals surface area contributed by atoms with Gasteiger partial charge in [-0.1, -0.05) is 107 Å². The molecule has 820 valence electrons. The third-order valence-corrected chi connectivity index (χ3v) is 24.3. The van der Waals surface area contributed by atoms with Crippen molar-refractivity contribution in [2.24, 2.45) is 29.0 Å². The molecule has 0 unspecified atom stereocenters. The molecule has 3 aromatic carbocycles. The average Bonchev–Trinajstić information content (AvgIpc) is 1.64. The van der Waals surface area contributed by atoms with Crippen LogP contribution in [-0.2, 0) is 139 Å². The number of carbonyl (C=O) groups is 25. The number of amides is 20. The highest BCUT2D eigenvalue weighted by Gasteiger charge is 2.46. The Balaban J connectivity index is 1.01. The molecule has 20 amide bonds. The van der Waals surface area contributed by atoms with Crippen molar-refractivity contribution in [3.8, 4) is 5.75 Å². The first kappa shape index (κ1) is 122. The average molecular weight is 2110 g/mol. The van der Waals surface area contributed by atoms with Gasteiger partial charge in [0.2, 0.25) is 118 Å². The van der Waals surface area contributed by atoms with Gasteiger partial charge in [-0.2, -0.15) is 0 Å². The quantitative estimate of drug-likeness (QED) is 0.0142. The molecule has 3 fully saturated rings. The monoisotopic (exact) mass is 2110 g/mol. The van der Waals surface area contributed by atoms with Gasteiger partial charge in [0.1, 0.15) is 84.3 Å². The fraction of sp³-hybridized carbons (Fsp3) is 0.537.